The first-order chi connectivity index (χ1) is 9.94. The fraction of sp³-hybridized carbons (Fsp3) is 0.429. The maximum Gasteiger partial charge on any atom is 0.311 e. The molecular weight excluding hydrogens is 300 g/mol. The Labute approximate surface area is 124 Å². The second kappa shape index (κ2) is 6.43. The van der Waals surface area contributed by atoms with Gasteiger partial charge in [0.1, 0.15) is 0 Å². The fourth-order valence-corrected chi connectivity index (χ4v) is 2.90. The number of benzene rings is 1. The van der Waals surface area contributed by atoms with Gasteiger partial charge in [-0.05, 0) is 25.0 Å². The molecule has 0 heterocycles. The summed E-state index contributed by atoms with van der Waals surface area (Å²) in [5.74, 6) is -4.06. The maximum absolute atomic E-state index is 12.5. The number of halogens is 2. The van der Waals surface area contributed by atoms with Gasteiger partial charge in [0.05, 0.1) is 11.0 Å². The third-order valence-electron chi connectivity index (χ3n) is 3.70. The highest BCUT2D eigenvalue weighted by atomic mass is 32.2. The van der Waals surface area contributed by atoms with Gasteiger partial charge < -0.3 is 10.4 Å². The van der Waals surface area contributed by atoms with E-state index in [-0.39, 0.29) is 17.0 Å². The third-order valence-corrected chi connectivity index (χ3v) is 4.49. The minimum absolute atomic E-state index is 0.0227. The number of aliphatic carboxylic acids is 1. The maximum atomic E-state index is 12.5. The molecule has 0 bridgehead atoms. The van der Waals surface area contributed by atoms with E-state index in [1.165, 1.54) is 12.1 Å². The molecule has 1 aromatic rings. The van der Waals surface area contributed by atoms with Gasteiger partial charge in [-0.15, -0.1) is 0 Å². The lowest BCUT2D eigenvalue weighted by molar-refractivity contribution is -0.153. The molecule has 114 valence electrons. The highest BCUT2D eigenvalue weighted by Gasteiger charge is 2.44. The van der Waals surface area contributed by atoms with E-state index >= 15 is 0 Å². The van der Waals surface area contributed by atoms with E-state index in [9.17, 15) is 23.5 Å². The summed E-state index contributed by atoms with van der Waals surface area (Å²) in [4.78, 5) is 23.5. The Balaban J connectivity index is 2.05. The highest BCUT2D eigenvalue weighted by Crippen LogP contribution is 2.40. The number of hydrogen-bond acceptors (Lipinski definition) is 3. The second-order valence-electron chi connectivity index (χ2n) is 5.00. The van der Waals surface area contributed by atoms with Crippen molar-refractivity contribution in [1.29, 1.82) is 0 Å². The third kappa shape index (κ3) is 3.53. The van der Waals surface area contributed by atoms with Crippen molar-refractivity contribution >= 4 is 23.6 Å². The van der Waals surface area contributed by atoms with Crippen LogP contribution >= 0.6 is 11.8 Å². The number of alkyl halides is 2. The summed E-state index contributed by atoms with van der Waals surface area (Å²) in [5.41, 5.74) is -0.761. The zero-order chi connectivity index (χ0) is 15.5. The Kier molecular flexibility index (Phi) is 4.82. The summed E-state index contributed by atoms with van der Waals surface area (Å²) in [5, 5.41) is 11.7. The number of carboxylic acids is 1. The first-order valence-corrected chi connectivity index (χ1v) is 7.38. The van der Waals surface area contributed by atoms with Gasteiger partial charge >= 0.3 is 5.97 Å². The Morgan fingerprint density at radius 2 is 2.00 bits per heavy atom. The van der Waals surface area contributed by atoms with E-state index in [1.54, 1.807) is 12.1 Å². The first kappa shape index (κ1) is 15.8. The lowest BCUT2D eigenvalue weighted by Crippen LogP contribution is -2.47. The van der Waals surface area contributed by atoms with Crippen LogP contribution in [0.1, 0.15) is 29.6 Å². The highest BCUT2D eigenvalue weighted by molar-refractivity contribution is 7.99. The van der Waals surface area contributed by atoms with E-state index in [4.69, 9.17) is 0 Å². The van der Waals surface area contributed by atoms with Crippen molar-refractivity contribution in [2.75, 3.05) is 6.54 Å². The van der Waals surface area contributed by atoms with Crippen LogP contribution in [0.5, 0.6) is 0 Å². The Hall–Kier alpha value is -1.63. The smallest absolute Gasteiger partial charge is 0.311 e. The first-order valence-electron chi connectivity index (χ1n) is 6.50. The number of carboxylic acid groups (broad SMARTS) is 1. The molecule has 1 saturated carbocycles. The molecule has 0 unspecified atom stereocenters. The number of hydrogen-bond donors (Lipinski definition) is 2. The summed E-state index contributed by atoms with van der Waals surface area (Å²) in [6, 6.07) is 6.06. The van der Waals surface area contributed by atoms with E-state index in [0.29, 0.717) is 24.6 Å². The topological polar surface area (TPSA) is 66.4 Å². The number of amides is 1. The summed E-state index contributed by atoms with van der Waals surface area (Å²) in [7, 11) is 0. The predicted molar refractivity (Wildman–Crippen MR) is 74.6 cm³/mol. The lowest BCUT2D eigenvalue weighted by Gasteiger charge is -2.37. The molecule has 0 atom stereocenters. The van der Waals surface area contributed by atoms with Crippen LogP contribution in [0.4, 0.5) is 8.78 Å². The molecule has 2 rings (SSSR count). The minimum atomic E-state index is -2.61. The number of carbonyl (C=O) groups is 2. The summed E-state index contributed by atoms with van der Waals surface area (Å²) >= 11 is 0.302. The number of nitrogens with one attached hydrogen (secondary N) is 1. The molecule has 2 N–H and O–H groups in total. The fourth-order valence-electron chi connectivity index (χ4n) is 2.27. The van der Waals surface area contributed by atoms with Gasteiger partial charge in [-0.1, -0.05) is 30.3 Å². The SMILES string of the molecule is O=C(NCC1(C(=O)O)CCC1)c1ccccc1SC(F)F. The molecule has 1 aliphatic carbocycles. The van der Waals surface area contributed by atoms with Crippen LogP contribution in [0.25, 0.3) is 0 Å². The van der Waals surface area contributed by atoms with E-state index < -0.39 is 23.0 Å². The number of carbonyl (C=O) groups excluding carboxylic acids is 1. The van der Waals surface area contributed by atoms with Crippen LogP contribution in [0.2, 0.25) is 0 Å². The van der Waals surface area contributed by atoms with E-state index in [0.717, 1.165) is 6.42 Å². The molecule has 0 aliphatic heterocycles. The van der Waals surface area contributed by atoms with Gasteiger partial charge in [0.2, 0.25) is 0 Å². The molecule has 0 saturated heterocycles. The van der Waals surface area contributed by atoms with Crippen molar-refractivity contribution in [1.82, 2.24) is 5.32 Å². The van der Waals surface area contributed by atoms with Crippen LogP contribution < -0.4 is 5.32 Å². The molecule has 0 aromatic heterocycles. The zero-order valence-electron chi connectivity index (χ0n) is 11.1. The summed E-state index contributed by atoms with van der Waals surface area (Å²) < 4.78 is 24.9. The van der Waals surface area contributed by atoms with E-state index in [2.05, 4.69) is 5.32 Å². The second-order valence-corrected chi connectivity index (χ2v) is 6.03. The normalized spacial score (nSPS) is 16.3. The molecule has 1 aliphatic rings. The predicted octanol–water partition coefficient (Wildman–Crippen LogP) is 2.99. The standard InChI is InChI=1S/C14H15F2NO3S/c15-13(16)21-10-5-2-1-4-9(10)11(18)17-8-14(12(19)20)6-3-7-14/h1-2,4-5,13H,3,6-8H2,(H,17,18)(H,19,20). The Morgan fingerprint density at radius 3 is 2.52 bits per heavy atom. The van der Waals surface area contributed by atoms with Crippen LogP contribution in [-0.2, 0) is 4.79 Å². The van der Waals surface area contributed by atoms with Crippen LogP contribution in [-0.4, -0.2) is 29.3 Å². The zero-order valence-corrected chi connectivity index (χ0v) is 12.0. The number of thioether (sulfide) groups is 1. The van der Waals surface area contributed by atoms with Gasteiger partial charge in [-0.2, -0.15) is 8.78 Å². The molecule has 7 heteroatoms. The van der Waals surface area contributed by atoms with Gasteiger partial charge in [0.25, 0.3) is 11.7 Å². The molecule has 4 nitrogen and oxygen atoms in total. The van der Waals surface area contributed by atoms with E-state index in [1.807, 2.05) is 0 Å². The van der Waals surface area contributed by atoms with Crippen molar-refractivity contribution in [3.63, 3.8) is 0 Å². The average molecular weight is 315 g/mol. The van der Waals surface area contributed by atoms with Gasteiger partial charge in [-0.25, -0.2) is 0 Å². The molecule has 0 spiro atoms. The quantitative estimate of drug-likeness (QED) is 0.792. The monoisotopic (exact) mass is 315 g/mol. The molecule has 1 fully saturated rings. The Morgan fingerprint density at radius 1 is 1.33 bits per heavy atom. The van der Waals surface area contributed by atoms with Crippen molar-refractivity contribution in [3.8, 4) is 0 Å². The van der Waals surface area contributed by atoms with Crippen molar-refractivity contribution in [2.45, 2.75) is 29.9 Å². The largest absolute Gasteiger partial charge is 0.481 e. The molecular formula is C14H15F2NO3S. The van der Waals surface area contributed by atoms with Gasteiger partial charge in [0.15, 0.2) is 0 Å². The molecule has 0 radical (unpaired) electrons. The van der Waals surface area contributed by atoms with Crippen molar-refractivity contribution in [2.24, 2.45) is 5.41 Å². The molecule has 21 heavy (non-hydrogen) atoms. The Bertz CT molecular complexity index is 547. The van der Waals surface area contributed by atoms with Crippen LogP contribution in [0, 0.1) is 5.41 Å². The molecule has 1 aromatic carbocycles. The van der Waals surface area contributed by atoms with Gasteiger partial charge in [0, 0.05) is 11.4 Å². The summed E-state index contributed by atoms with van der Waals surface area (Å²) in [6.07, 6.45) is 1.87. The van der Waals surface area contributed by atoms with Crippen LogP contribution in [0.15, 0.2) is 29.2 Å². The van der Waals surface area contributed by atoms with Gasteiger partial charge in [-0.3, -0.25) is 9.59 Å². The lowest BCUT2D eigenvalue weighted by atomic mass is 9.69. The van der Waals surface area contributed by atoms with Crippen molar-refractivity contribution in [3.05, 3.63) is 29.8 Å². The number of rotatable bonds is 6. The minimum Gasteiger partial charge on any atom is -0.481 e. The van der Waals surface area contributed by atoms with Crippen LogP contribution in [0.3, 0.4) is 0 Å². The van der Waals surface area contributed by atoms with Crippen molar-refractivity contribution < 1.29 is 23.5 Å². The summed E-state index contributed by atoms with van der Waals surface area (Å²) in [6.45, 7) is 0.0227. The molecule has 1 amide bonds. The average Bonchev–Trinajstić information content (AvgIpc) is 2.36.